The van der Waals surface area contributed by atoms with Crippen molar-refractivity contribution in [1.29, 1.82) is 0 Å². The van der Waals surface area contributed by atoms with Crippen molar-refractivity contribution < 1.29 is 13.6 Å². The van der Waals surface area contributed by atoms with Gasteiger partial charge in [-0.15, -0.1) is 0 Å². The van der Waals surface area contributed by atoms with E-state index < -0.39 is 0 Å². The normalized spacial score (nSPS) is 15.4. The third-order valence-electron chi connectivity index (χ3n) is 5.39. The number of rotatable bonds is 22. The van der Waals surface area contributed by atoms with Crippen molar-refractivity contribution in [2.75, 3.05) is 0 Å². The highest BCUT2D eigenvalue weighted by Gasteiger charge is 2.21. The Labute approximate surface area is 194 Å². The average molecular weight is 522 g/mol. The molecule has 0 aromatic heterocycles. The van der Waals surface area contributed by atoms with Crippen LogP contribution >= 0.6 is 52.3 Å². The first-order valence-corrected chi connectivity index (χ1v) is 19.2. The SMILES string of the molecule is CCCCC(OP)C(CCCCCCCCCCCC(CC)OP(P)P)OPP. The third kappa shape index (κ3) is 19.6. The Hall–Kier alpha value is 2.46. The van der Waals surface area contributed by atoms with Crippen LogP contribution in [0.1, 0.15) is 110 Å². The molecule has 29 heavy (non-hydrogen) atoms. The van der Waals surface area contributed by atoms with Crippen LogP contribution in [-0.2, 0) is 13.6 Å². The van der Waals surface area contributed by atoms with Crippen molar-refractivity contribution in [3.05, 3.63) is 0 Å². The first-order valence-electron chi connectivity index (χ1n) is 11.5. The number of hydrogen-bond donors (Lipinski definition) is 0. The summed E-state index contributed by atoms with van der Waals surface area (Å²) in [5, 5.41) is 0. The standard InChI is InChI=1S/C20H48O3P6/c1-3-5-16-19(21-24)20(22-28-25)17-14-12-10-8-6-7-9-11-13-15-18(4-2)23-29(26)27/h18-20,28H,3-17,24-27H2,1-2H3. The number of hydrogen-bond acceptors (Lipinski definition) is 3. The molecule has 0 aromatic rings. The van der Waals surface area contributed by atoms with Crippen molar-refractivity contribution in [2.45, 2.75) is 128 Å². The van der Waals surface area contributed by atoms with Crippen LogP contribution in [0, 0.1) is 0 Å². The third-order valence-corrected chi connectivity index (χ3v) is 7.86. The van der Waals surface area contributed by atoms with E-state index in [0.29, 0.717) is 14.6 Å². The van der Waals surface area contributed by atoms with E-state index >= 15 is 0 Å². The van der Waals surface area contributed by atoms with Gasteiger partial charge < -0.3 is 13.6 Å². The summed E-state index contributed by atoms with van der Waals surface area (Å²) < 4.78 is 17.5. The van der Waals surface area contributed by atoms with Crippen molar-refractivity contribution in [3.8, 4) is 0 Å². The molecule has 0 N–H and O–H groups in total. The predicted molar refractivity (Wildman–Crippen MR) is 149 cm³/mol. The van der Waals surface area contributed by atoms with Gasteiger partial charge >= 0.3 is 0 Å². The van der Waals surface area contributed by atoms with Crippen LogP contribution in [0.3, 0.4) is 0 Å². The van der Waals surface area contributed by atoms with Crippen molar-refractivity contribution in [2.24, 2.45) is 0 Å². The highest BCUT2D eigenvalue weighted by atomic mass is 32.4. The maximum Gasteiger partial charge on any atom is 0.0883 e. The molecule has 0 fully saturated rings. The smallest absolute Gasteiger partial charge is 0.0883 e. The zero-order chi connectivity index (χ0) is 21.7. The summed E-state index contributed by atoms with van der Waals surface area (Å²) in [4.78, 5) is 0. The van der Waals surface area contributed by atoms with Crippen LogP contribution in [0.15, 0.2) is 0 Å². The Morgan fingerprint density at radius 1 is 0.759 bits per heavy atom. The minimum absolute atomic E-state index is 0.227. The van der Waals surface area contributed by atoms with Gasteiger partial charge in [-0.1, -0.05) is 111 Å². The highest BCUT2D eigenvalue weighted by Crippen LogP contribution is 2.55. The van der Waals surface area contributed by atoms with E-state index in [2.05, 4.69) is 50.1 Å². The lowest BCUT2D eigenvalue weighted by atomic mass is 10.0. The first-order chi connectivity index (χ1) is 14.1. The minimum Gasteiger partial charge on any atom is -0.360 e. The average Bonchev–Trinajstić information content (AvgIpc) is 2.71. The van der Waals surface area contributed by atoms with E-state index in [1.165, 1.54) is 77.0 Å². The topological polar surface area (TPSA) is 27.7 Å². The molecule has 0 spiro atoms. The van der Waals surface area contributed by atoms with Crippen LogP contribution in [0.2, 0.25) is 0 Å². The molecule has 0 rings (SSSR count). The fraction of sp³-hybridized carbons (Fsp3) is 1.00. The van der Waals surface area contributed by atoms with Crippen molar-refractivity contribution in [1.82, 2.24) is 0 Å². The van der Waals surface area contributed by atoms with Crippen LogP contribution in [0.4, 0.5) is 0 Å². The minimum atomic E-state index is -0.381. The summed E-state index contributed by atoms with van der Waals surface area (Å²) in [5.41, 5.74) is 0. The molecule has 0 radical (unpaired) electrons. The lowest BCUT2D eigenvalue weighted by Gasteiger charge is -2.25. The molecule has 0 aliphatic heterocycles. The summed E-state index contributed by atoms with van der Waals surface area (Å²) in [6, 6.07) is 0. The van der Waals surface area contributed by atoms with Crippen LogP contribution < -0.4 is 0 Å². The van der Waals surface area contributed by atoms with Gasteiger partial charge in [0.2, 0.25) is 0 Å². The lowest BCUT2D eigenvalue weighted by Crippen LogP contribution is -2.27. The Morgan fingerprint density at radius 3 is 1.72 bits per heavy atom. The fourth-order valence-corrected chi connectivity index (χ4v) is 6.53. The highest BCUT2D eigenvalue weighted by molar-refractivity contribution is 8.41. The fourth-order valence-electron chi connectivity index (χ4n) is 3.61. The maximum atomic E-state index is 5.96. The predicted octanol–water partition coefficient (Wildman–Crippen LogP) is 9.18. The lowest BCUT2D eigenvalue weighted by molar-refractivity contribution is 0.0655. The summed E-state index contributed by atoms with van der Waals surface area (Å²) in [7, 11) is 10.8. The largest absolute Gasteiger partial charge is 0.360 e. The van der Waals surface area contributed by atoms with Gasteiger partial charge in [-0.25, -0.2) is 0 Å². The molecule has 8 unspecified atom stereocenters. The van der Waals surface area contributed by atoms with Crippen molar-refractivity contribution >= 4 is 52.3 Å². The van der Waals surface area contributed by atoms with Gasteiger partial charge in [0, 0.05) is 18.0 Å². The Morgan fingerprint density at radius 2 is 1.28 bits per heavy atom. The summed E-state index contributed by atoms with van der Waals surface area (Å²) in [5.74, 6) is 0. The van der Waals surface area contributed by atoms with Gasteiger partial charge in [0.1, 0.15) is 0 Å². The van der Waals surface area contributed by atoms with Gasteiger partial charge in [-0.3, -0.25) is 0 Å². The second-order valence-corrected chi connectivity index (χ2v) is 15.1. The van der Waals surface area contributed by atoms with E-state index in [4.69, 9.17) is 13.6 Å². The molecule has 0 aliphatic carbocycles. The van der Waals surface area contributed by atoms with Crippen LogP contribution in [-0.4, -0.2) is 18.3 Å². The molecule has 0 saturated carbocycles. The van der Waals surface area contributed by atoms with Crippen LogP contribution in [0.25, 0.3) is 0 Å². The molecular weight excluding hydrogens is 474 g/mol. The first kappa shape index (κ1) is 31.5. The van der Waals surface area contributed by atoms with E-state index in [1.807, 2.05) is 0 Å². The molecule has 8 atom stereocenters. The zero-order valence-corrected chi connectivity index (χ0v) is 25.3. The van der Waals surface area contributed by atoms with Gasteiger partial charge in [0.25, 0.3) is 0 Å². The van der Waals surface area contributed by atoms with E-state index in [1.54, 1.807) is 0 Å². The van der Waals surface area contributed by atoms with Gasteiger partial charge in [0.05, 0.1) is 25.8 Å². The Bertz CT molecular complexity index is 339. The Balaban J connectivity index is 3.65. The summed E-state index contributed by atoms with van der Waals surface area (Å²) >= 11 is 0. The molecule has 176 valence electrons. The quantitative estimate of drug-likeness (QED) is 0.105. The molecule has 3 nitrogen and oxygen atoms in total. The maximum absolute atomic E-state index is 5.96. The zero-order valence-electron chi connectivity index (χ0n) is 18.8. The van der Waals surface area contributed by atoms with Gasteiger partial charge in [-0.05, 0) is 25.7 Å². The molecule has 9 heteroatoms. The molecule has 0 amide bonds. The Kier molecular flexibility index (Phi) is 25.6. The summed E-state index contributed by atoms with van der Waals surface area (Å²) in [6.07, 6.45) is 20.0. The van der Waals surface area contributed by atoms with E-state index in [9.17, 15) is 0 Å². The molecule has 0 bridgehead atoms. The van der Waals surface area contributed by atoms with Gasteiger partial charge in [0.15, 0.2) is 0 Å². The monoisotopic (exact) mass is 522 g/mol. The molecule has 0 aliphatic rings. The van der Waals surface area contributed by atoms with Crippen LogP contribution in [0.5, 0.6) is 0 Å². The second kappa shape index (κ2) is 23.6. The molecule has 0 aromatic carbocycles. The summed E-state index contributed by atoms with van der Waals surface area (Å²) in [6.45, 7) is 4.46. The molecule has 0 saturated heterocycles. The molecule has 0 heterocycles. The van der Waals surface area contributed by atoms with E-state index in [-0.39, 0.29) is 19.7 Å². The molecular formula is C20H48O3P6. The van der Waals surface area contributed by atoms with Crippen molar-refractivity contribution in [3.63, 3.8) is 0 Å². The second-order valence-electron chi connectivity index (χ2n) is 7.85. The van der Waals surface area contributed by atoms with E-state index in [0.717, 1.165) is 19.3 Å². The van der Waals surface area contributed by atoms with Gasteiger partial charge in [-0.2, -0.15) is 0 Å². The number of unbranched alkanes of at least 4 members (excludes halogenated alkanes) is 9.